The molecule has 2 heterocycles. The lowest BCUT2D eigenvalue weighted by molar-refractivity contribution is 0.107. The summed E-state index contributed by atoms with van der Waals surface area (Å²) >= 11 is 0. The molecule has 112 valence electrons. The van der Waals surface area contributed by atoms with Crippen LogP contribution in [0.5, 0.6) is 5.88 Å². The largest absolute Gasteiger partial charge is 0.477 e. The summed E-state index contributed by atoms with van der Waals surface area (Å²) in [6.07, 6.45) is 0. The molecule has 4 heteroatoms. The van der Waals surface area contributed by atoms with E-state index in [1.807, 2.05) is 16.8 Å². The first-order valence-electron chi connectivity index (χ1n) is 7.52. The fourth-order valence-electron chi connectivity index (χ4n) is 2.90. The number of nitrogens with zero attached hydrogens (tertiary/aromatic N) is 2. The first-order chi connectivity index (χ1) is 10.1. The van der Waals surface area contributed by atoms with Gasteiger partial charge in [0.15, 0.2) is 0 Å². The lowest BCUT2D eigenvalue weighted by Gasteiger charge is -2.23. The monoisotopic (exact) mass is 286 g/mol. The Hall–Kier alpha value is -1.81. The van der Waals surface area contributed by atoms with Gasteiger partial charge < -0.3 is 9.84 Å². The first kappa shape index (κ1) is 14.1. The van der Waals surface area contributed by atoms with Crippen molar-refractivity contribution in [2.45, 2.75) is 33.2 Å². The molecule has 0 bridgehead atoms. The van der Waals surface area contributed by atoms with Crippen LogP contribution in [0.25, 0.3) is 11.3 Å². The van der Waals surface area contributed by atoms with Gasteiger partial charge in [-0.2, -0.15) is 5.10 Å². The third kappa shape index (κ3) is 2.44. The minimum Gasteiger partial charge on any atom is -0.477 e. The number of hydrogen-bond donors (Lipinski definition) is 1. The van der Waals surface area contributed by atoms with E-state index < -0.39 is 0 Å². The van der Waals surface area contributed by atoms with Gasteiger partial charge in [-0.1, -0.05) is 38.1 Å². The Morgan fingerprint density at radius 1 is 1.38 bits per heavy atom. The van der Waals surface area contributed by atoms with Crippen molar-refractivity contribution in [3.05, 3.63) is 35.4 Å². The highest BCUT2D eigenvalue weighted by Gasteiger charge is 2.28. The summed E-state index contributed by atoms with van der Waals surface area (Å²) in [5, 5.41) is 14.1. The fourth-order valence-corrected chi connectivity index (χ4v) is 2.90. The molecule has 1 atom stereocenters. The van der Waals surface area contributed by atoms with Crippen molar-refractivity contribution in [1.82, 2.24) is 9.78 Å². The maximum absolute atomic E-state index is 9.34. The predicted molar refractivity (Wildman–Crippen MR) is 82.6 cm³/mol. The minimum absolute atomic E-state index is 0.127. The van der Waals surface area contributed by atoms with Crippen LogP contribution < -0.4 is 4.74 Å². The summed E-state index contributed by atoms with van der Waals surface area (Å²) in [6, 6.07) is 8.30. The Morgan fingerprint density at radius 2 is 2.14 bits per heavy atom. The van der Waals surface area contributed by atoms with Crippen LogP contribution in [0.1, 0.15) is 30.9 Å². The van der Waals surface area contributed by atoms with Crippen molar-refractivity contribution in [3.8, 4) is 17.1 Å². The molecular formula is C17H22N2O2. The maximum Gasteiger partial charge on any atom is 0.215 e. The van der Waals surface area contributed by atoms with Gasteiger partial charge in [-0.15, -0.1) is 0 Å². The summed E-state index contributed by atoms with van der Waals surface area (Å²) < 4.78 is 7.82. The molecule has 21 heavy (non-hydrogen) atoms. The van der Waals surface area contributed by atoms with Crippen LogP contribution in [-0.2, 0) is 6.54 Å². The Bertz CT molecular complexity index is 646. The van der Waals surface area contributed by atoms with Crippen LogP contribution >= 0.6 is 0 Å². The van der Waals surface area contributed by atoms with E-state index in [2.05, 4.69) is 32.9 Å². The van der Waals surface area contributed by atoms with Crippen molar-refractivity contribution in [3.63, 3.8) is 0 Å². The minimum atomic E-state index is 0.127. The molecule has 0 saturated carbocycles. The summed E-state index contributed by atoms with van der Waals surface area (Å²) in [7, 11) is 0. The number of fused-ring (bicyclic) bond motifs is 1. The average molecular weight is 286 g/mol. The van der Waals surface area contributed by atoms with Gasteiger partial charge in [-0.25, -0.2) is 4.68 Å². The fraction of sp³-hybridized carbons (Fsp3) is 0.471. The lowest BCUT2D eigenvalue weighted by Crippen LogP contribution is -2.28. The maximum atomic E-state index is 9.34. The third-order valence-electron chi connectivity index (χ3n) is 4.06. The van der Waals surface area contributed by atoms with Crippen LogP contribution in [0.15, 0.2) is 24.3 Å². The highest BCUT2D eigenvalue weighted by atomic mass is 16.5. The predicted octanol–water partition coefficient (Wildman–Crippen LogP) is 2.98. The van der Waals surface area contributed by atoms with Crippen LogP contribution in [0, 0.1) is 12.8 Å². The Labute approximate surface area is 125 Å². The van der Waals surface area contributed by atoms with Gasteiger partial charge in [0.25, 0.3) is 0 Å². The molecule has 0 amide bonds. The summed E-state index contributed by atoms with van der Waals surface area (Å²) in [6.45, 7) is 7.86. The molecule has 0 aliphatic carbocycles. The molecule has 0 spiro atoms. The zero-order chi connectivity index (χ0) is 15.0. The quantitative estimate of drug-likeness (QED) is 0.943. The van der Waals surface area contributed by atoms with Gasteiger partial charge in [0.1, 0.15) is 0 Å². The van der Waals surface area contributed by atoms with Crippen molar-refractivity contribution in [2.24, 2.45) is 5.92 Å². The number of aromatic nitrogens is 2. The molecule has 4 nitrogen and oxygen atoms in total. The van der Waals surface area contributed by atoms with Gasteiger partial charge >= 0.3 is 0 Å². The molecular weight excluding hydrogens is 264 g/mol. The zero-order valence-electron chi connectivity index (χ0n) is 12.8. The highest BCUT2D eigenvalue weighted by molar-refractivity contribution is 5.69. The molecule has 1 aliphatic rings. The number of aryl methyl sites for hydroxylation is 1. The van der Waals surface area contributed by atoms with Crippen LogP contribution in [0.3, 0.4) is 0 Å². The molecule has 1 aromatic carbocycles. The van der Waals surface area contributed by atoms with E-state index in [9.17, 15) is 5.11 Å². The third-order valence-corrected chi connectivity index (χ3v) is 4.06. The average Bonchev–Trinajstić information content (AvgIpc) is 2.85. The van der Waals surface area contributed by atoms with Crippen molar-refractivity contribution < 1.29 is 9.84 Å². The van der Waals surface area contributed by atoms with E-state index in [1.54, 1.807) is 0 Å². The molecule has 1 aliphatic heterocycles. The number of aliphatic hydroxyl groups excluding tert-OH is 1. The molecule has 2 aromatic rings. The van der Waals surface area contributed by atoms with Crippen LogP contribution in [0.2, 0.25) is 0 Å². The second-order valence-electron chi connectivity index (χ2n) is 6.08. The normalized spacial score (nSPS) is 17.7. The summed E-state index contributed by atoms with van der Waals surface area (Å²) in [5.41, 5.74) is 4.55. The lowest BCUT2D eigenvalue weighted by atomic mass is 9.96. The van der Waals surface area contributed by atoms with Crippen molar-refractivity contribution >= 4 is 0 Å². The molecule has 1 aromatic heterocycles. The highest BCUT2D eigenvalue weighted by Crippen LogP contribution is 2.39. The molecule has 0 radical (unpaired) electrons. The number of hydrogen-bond acceptors (Lipinski definition) is 3. The molecule has 0 unspecified atom stereocenters. The zero-order valence-corrected chi connectivity index (χ0v) is 12.8. The number of ether oxygens (including phenoxy) is 1. The Kier molecular flexibility index (Phi) is 3.72. The van der Waals surface area contributed by atoms with Crippen LogP contribution in [0.4, 0.5) is 0 Å². The second-order valence-corrected chi connectivity index (χ2v) is 6.08. The first-order valence-corrected chi connectivity index (χ1v) is 7.52. The molecule has 0 saturated heterocycles. The van der Waals surface area contributed by atoms with Gasteiger partial charge in [0.05, 0.1) is 25.5 Å². The topological polar surface area (TPSA) is 47.3 Å². The van der Waals surface area contributed by atoms with Gasteiger partial charge in [-0.05, 0) is 18.4 Å². The van der Waals surface area contributed by atoms with Crippen molar-refractivity contribution in [1.29, 1.82) is 0 Å². The molecule has 3 rings (SSSR count). The van der Waals surface area contributed by atoms with Crippen molar-refractivity contribution in [2.75, 3.05) is 13.2 Å². The smallest absolute Gasteiger partial charge is 0.215 e. The second kappa shape index (κ2) is 5.53. The van der Waals surface area contributed by atoms with Gasteiger partial charge in [0, 0.05) is 17.0 Å². The number of rotatable bonds is 3. The van der Waals surface area contributed by atoms with E-state index in [-0.39, 0.29) is 12.5 Å². The standard InChI is InChI=1S/C17H22N2O2/c1-11(2)15-16(14-7-5-4-6-12(14)3)18-19-8-13(9-20)10-21-17(15)19/h4-7,11,13,20H,8-10H2,1-3H3/t13-/m0/s1. The van der Waals surface area contributed by atoms with Gasteiger partial charge in [0.2, 0.25) is 5.88 Å². The van der Waals surface area contributed by atoms with E-state index >= 15 is 0 Å². The SMILES string of the molecule is Cc1ccccc1-c1nn2c(c1C(C)C)OC[C@H](CO)C2. The Morgan fingerprint density at radius 3 is 2.81 bits per heavy atom. The summed E-state index contributed by atoms with van der Waals surface area (Å²) in [5.74, 6) is 1.34. The van der Waals surface area contributed by atoms with E-state index in [0.717, 1.165) is 23.7 Å². The Balaban J connectivity index is 2.14. The van der Waals surface area contributed by atoms with Gasteiger partial charge in [-0.3, -0.25) is 0 Å². The van der Waals surface area contributed by atoms with E-state index in [4.69, 9.17) is 9.84 Å². The summed E-state index contributed by atoms with van der Waals surface area (Å²) in [4.78, 5) is 0. The molecule has 0 fully saturated rings. The molecule has 1 N–H and O–H groups in total. The van der Waals surface area contributed by atoms with E-state index in [0.29, 0.717) is 12.5 Å². The number of aliphatic hydroxyl groups is 1. The van der Waals surface area contributed by atoms with Crippen LogP contribution in [-0.4, -0.2) is 28.1 Å². The van der Waals surface area contributed by atoms with E-state index in [1.165, 1.54) is 11.1 Å². The number of benzene rings is 1.